The highest BCUT2D eigenvalue weighted by Crippen LogP contribution is 2.29. The summed E-state index contributed by atoms with van der Waals surface area (Å²) in [5.74, 6) is 0.177. The molecular formula is C20H19N3O5. The molecule has 144 valence electrons. The molecule has 0 aliphatic rings. The van der Waals surface area contributed by atoms with Crippen LogP contribution < -0.4 is 14.8 Å². The van der Waals surface area contributed by atoms with Gasteiger partial charge >= 0.3 is 0 Å². The maximum absolute atomic E-state index is 12.4. The zero-order chi connectivity index (χ0) is 20.5. The van der Waals surface area contributed by atoms with Crippen molar-refractivity contribution in [3.05, 3.63) is 63.7 Å². The third-order valence-corrected chi connectivity index (χ3v) is 3.67. The first-order chi connectivity index (χ1) is 13.5. The van der Waals surface area contributed by atoms with Crippen molar-refractivity contribution in [2.75, 3.05) is 19.0 Å². The van der Waals surface area contributed by atoms with Gasteiger partial charge in [0.1, 0.15) is 23.1 Å². The molecule has 1 amide bonds. The molecule has 2 aromatic rings. The summed E-state index contributed by atoms with van der Waals surface area (Å²) >= 11 is 0. The van der Waals surface area contributed by atoms with Crippen molar-refractivity contribution >= 4 is 23.4 Å². The Bertz CT molecular complexity index is 930. The number of amides is 1. The van der Waals surface area contributed by atoms with E-state index >= 15 is 0 Å². The van der Waals surface area contributed by atoms with Gasteiger partial charge in [-0.2, -0.15) is 5.26 Å². The second-order valence-electron chi connectivity index (χ2n) is 5.68. The molecule has 0 heterocycles. The van der Waals surface area contributed by atoms with Crippen LogP contribution in [0.5, 0.6) is 11.5 Å². The molecule has 0 aliphatic carbocycles. The topological polar surface area (TPSA) is 114 Å². The number of nitrogens with zero attached hydrogens (tertiary/aromatic N) is 2. The van der Waals surface area contributed by atoms with E-state index in [4.69, 9.17) is 9.47 Å². The quantitative estimate of drug-likeness (QED) is 0.321. The summed E-state index contributed by atoms with van der Waals surface area (Å²) in [6.45, 7) is 2.62. The van der Waals surface area contributed by atoms with Gasteiger partial charge in [-0.3, -0.25) is 14.9 Å². The van der Waals surface area contributed by atoms with Crippen LogP contribution in [0.15, 0.2) is 48.0 Å². The van der Waals surface area contributed by atoms with Crippen LogP contribution in [-0.2, 0) is 4.79 Å². The van der Waals surface area contributed by atoms with Crippen molar-refractivity contribution in [2.24, 2.45) is 0 Å². The second-order valence-corrected chi connectivity index (χ2v) is 5.68. The first-order valence-corrected chi connectivity index (χ1v) is 8.47. The van der Waals surface area contributed by atoms with E-state index in [1.165, 1.54) is 31.4 Å². The van der Waals surface area contributed by atoms with E-state index in [2.05, 4.69) is 5.32 Å². The van der Waals surface area contributed by atoms with Crippen LogP contribution in [0.2, 0.25) is 0 Å². The molecule has 2 rings (SSSR count). The number of carbonyl (C=O) groups is 1. The lowest BCUT2D eigenvalue weighted by atomic mass is 10.1. The van der Waals surface area contributed by atoms with E-state index in [0.717, 1.165) is 6.42 Å². The van der Waals surface area contributed by atoms with Crippen molar-refractivity contribution in [1.82, 2.24) is 0 Å². The Hall–Kier alpha value is -3.86. The van der Waals surface area contributed by atoms with Gasteiger partial charge in [-0.1, -0.05) is 19.1 Å². The van der Waals surface area contributed by atoms with Crippen molar-refractivity contribution in [1.29, 1.82) is 5.26 Å². The van der Waals surface area contributed by atoms with E-state index < -0.39 is 10.8 Å². The summed E-state index contributed by atoms with van der Waals surface area (Å²) in [6.07, 6.45) is 2.34. The fourth-order valence-corrected chi connectivity index (χ4v) is 2.28. The number of nitro groups is 1. The van der Waals surface area contributed by atoms with Gasteiger partial charge in [-0.25, -0.2) is 0 Å². The Balaban J connectivity index is 2.18. The highest BCUT2D eigenvalue weighted by atomic mass is 16.6. The molecule has 0 spiro atoms. The number of hydrogen-bond acceptors (Lipinski definition) is 6. The zero-order valence-electron chi connectivity index (χ0n) is 15.5. The first-order valence-electron chi connectivity index (χ1n) is 8.47. The molecule has 8 heteroatoms. The lowest BCUT2D eigenvalue weighted by molar-refractivity contribution is -0.384. The molecule has 0 fully saturated rings. The normalized spacial score (nSPS) is 10.7. The molecule has 0 radical (unpaired) electrons. The fourth-order valence-electron chi connectivity index (χ4n) is 2.28. The van der Waals surface area contributed by atoms with Crippen LogP contribution >= 0.6 is 0 Å². The number of nitriles is 1. The van der Waals surface area contributed by atoms with E-state index in [1.807, 2.05) is 13.0 Å². The van der Waals surface area contributed by atoms with E-state index in [0.29, 0.717) is 17.9 Å². The number of benzene rings is 2. The van der Waals surface area contributed by atoms with Gasteiger partial charge in [-0.05, 0) is 36.3 Å². The van der Waals surface area contributed by atoms with Crippen molar-refractivity contribution in [2.45, 2.75) is 13.3 Å². The number of anilines is 1. The molecular weight excluding hydrogens is 362 g/mol. The summed E-state index contributed by atoms with van der Waals surface area (Å²) in [4.78, 5) is 22.7. The SMILES string of the molecule is CCCOc1ccc(/C=C(\C#N)C(=O)Nc2ccc([N+](=O)[O-])cc2OC)cc1. The van der Waals surface area contributed by atoms with Crippen molar-refractivity contribution < 1.29 is 19.2 Å². The Morgan fingerprint density at radius 1 is 1.29 bits per heavy atom. The molecule has 0 atom stereocenters. The molecule has 8 nitrogen and oxygen atoms in total. The van der Waals surface area contributed by atoms with Gasteiger partial charge in [0.05, 0.1) is 30.4 Å². The predicted molar refractivity (Wildman–Crippen MR) is 104 cm³/mol. The molecule has 28 heavy (non-hydrogen) atoms. The minimum Gasteiger partial charge on any atom is -0.494 e. The summed E-state index contributed by atoms with van der Waals surface area (Å²) in [5.41, 5.74) is 0.590. The average molecular weight is 381 g/mol. The smallest absolute Gasteiger partial charge is 0.273 e. The monoisotopic (exact) mass is 381 g/mol. The summed E-state index contributed by atoms with van der Waals surface area (Å²) < 4.78 is 10.6. The second kappa shape index (κ2) is 9.73. The van der Waals surface area contributed by atoms with Crippen LogP contribution in [0.25, 0.3) is 6.08 Å². The zero-order valence-corrected chi connectivity index (χ0v) is 15.5. The third kappa shape index (κ3) is 5.32. The molecule has 0 bridgehead atoms. The summed E-state index contributed by atoms with van der Waals surface area (Å²) in [5, 5.41) is 22.7. The first kappa shape index (κ1) is 20.5. The molecule has 0 unspecified atom stereocenters. The van der Waals surface area contributed by atoms with E-state index in [-0.39, 0.29) is 22.7 Å². The summed E-state index contributed by atoms with van der Waals surface area (Å²) in [6, 6.07) is 12.6. The Morgan fingerprint density at radius 2 is 2.00 bits per heavy atom. The van der Waals surface area contributed by atoms with Crippen molar-refractivity contribution in [3.63, 3.8) is 0 Å². The van der Waals surface area contributed by atoms with E-state index in [9.17, 15) is 20.2 Å². The summed E-state index contributed by atoms with van der Waals surface area (Å²) in [7, 11) is 1.33. The molecule has 0 saturated heterocycles. The lowest BCUT2D eigenvalue weighted by Gasteiger charge is -2.09. The van der Waals surface area contributed by atoms with Gasteiger partial charge < -0.3 is 14.8 Å². The van der Waals surface area contributed by atoms with Crippen LogP contribution in [0.3, 0.4) is 0 Å². The van der Waals surface area contributed by atoms with Crippen LogP contribution in [0.4, 0.5) is 11.4 Å². The minimum absolute atomic E-state index is 0.122. The number of rotatable bonds is 8. The number of carbonyl (C=O) groups excluding carboxylic acids is 1. The predicted octanol–water partition coefficient (Wildman–Crippen LogP) is 3.94. The Kier molecular flexibility index (Phi) is 7.11. The number of hydrogen-bond donors (Lipinski definition) is 1. The van der Waals surface area contributed by atoms with Gasteiger partial charge in [0.15, 0.2) is 0 Å². The maximum Gasteiger partial charge on any atom is 0.273 e. The number of nitrogens with one attached hydrogen (secondary N) is 1. The standard InChI is InChI=1S/C20H19N3O5/c1-3-10-28-17-7-4-14(5-8-17)11-15(13-21)20(24)22-18-9-6-16(23(25)26)12-19(18)27-2/h4-9,11-12H,3,10H2,1-2H3,(H,22,24)/b15-11+. The fraction of sp³-hybridized carbons (Fsp3) is 0.200. The van der Waals surface area contributed by atoms with Gasteiger partial charge in [-0.15, -0.1) is 0 Å². The molecule has 1 N–H and O–H groups in total. The minimum atomic E-state index is -0.652. The highest BCUT2D eigenvalue weighted by molar-refractivity contribution is 6.10. The Labute approximate surface area is 162 Å². The van der Waals surface area contributed by atoms with E-state index in [1.54, 1.807) is 24.3 Å². The van der Waals surface area contributed by atoms with Gasteiger partial charge in [0, 0.05) is 6.07 Å². The molecule has 0 aromatic heterocycles. The lowest BCUT2D eigenvalue weighted by Crippen LogP contribution is -2.14. The average Bonchev–Trinajstić information content (AvgIpc) is 2.71. The third-order valence-electron chi connectivity index (χ3n) is 3.67. The van der Waals surface area contributed by atoms with Gasteiger partial charge in [0.2, 0.25) is 0 Å². The molecule has 0 aliphatic heterocycles. The largest absolute Gasteiger partial charge is 0.494 e. The number of methoxy groups -OCH3 is 1. The number of non-ortho nitro benzene ring substituents is 1. The highest BCUT2D eigenvalue weighted by Gasteiger charge is 2.15. The maximum atomic E-state index is 12.4. The van der Waals surface area contributed by atoms with Crippen LogP contribution in [-0.4, -0.2) is 24.5 Å². The molecule has 0 saturated carbocycles. The Morgan fingerprint density at radius 3 is 2.57 bits per heavy atom. The molecule has 2 aromatic carbocycles. The van der Waals surface area contributed by atoms with Gasteiger partial charge in [0.25, 0.3) is 11.6 Å². The van der Waals surface area contributed by atoms with Crippen LogP contribution in [0.1, 0.15) is 18.9 Å². The van der Waals surface area contributed by atoms with Crippen molar-refractivity contribution in [3.8, 4) is 17.6 Å². The number of ether oxygens (including phenoxy) is 2. The number of nitro benzene ring substituents is 1. The van der Waals surface area contributed by atoms with Crippen LogP contribution in [0, 0.1) is 21.4 Å².